The Morgan fingerprint density at radius 2 is 2.00 bits per heavy atom. The number of hydrogen-bond donors (Lipinski definition) is 2. The molecule has 1 unspecified atom stereocenters. The van der Waals surface area contributed by atoms with Crippen LogP contribution in [0.15, 0.2) is 41.0 Å². The number of benzene rings is 1. The molecule has 0 aliphatic carbocycles. The van der Waals surface area contributed by atoms with Gasteiger partial charge in [-0.15, -0.1) is 11.3 Å². The zero-order chi connectivity index (χ0) is 17.5. The highest BCUT2D eigenvalue weighted by molar-refractivity contribution is 9.10. The van der Waals surface area contributed by atoms with Crippen molar-refractivity contribution in [1.82, 2.24) is 4.98 Å². The fourth-order valence-electron chi connectivity index (χ4n) is 2.39. The molecule has 0 radical (unpaired) electrons. The van der Waals surface area contributed by atoms with Crippen molar-refractivity contribution in [1.29, 1.82) is 0 Å². The van der Waals surface area contributed by atoms with E-state index in [0.29, 0.717) is 19.7 Å². The molecule has 0 fully saturated rings. The Hall–Kier alpha value is -1.18. The highest BCUT2D eigenvalue weighted by atomic mass is 79.9. The monoisotopic (exact) mass is 433 g/mol. The Balaban J connectivity index is 2.07. The van der Waals surface area contributed by atoms with Crippen molar-refractivity contribution in [2.24, 2.45) is 0 Å². The van der Waals surface area contributed by atoms with Crippen molar-refractivity contribution in [2.75, 3.05) is 0 Å². The van der Waals surface area contributed by atoms with Gasteiger partial charge in [0.25, 0.3) is 0 Å². The minimum absolute atomic E-state index is 0.118. The highest BCUT2D eigenvalue weighted by Crippen LogP contribution is 2.57. The minimum atomic E-state index is -4.54. The van der Waals surface area contributed by atoms with Crippen LogP contribution >= 0.6 is 34.9 Å². The molecule has 126 valence electrons. The number of nitrogens with zero attached hydrogens (tertiary/aromatic N) is 1. The Kier molecular flexibility index (Phi) is 4.86. The molecule has 2 aromatic heterocycles. The second-order valence-corrected chi connectivity index (χ2v) is 8.82. The maximum atomic E-state index is 13.4. The van der Waals surface area contributed by atoms with Crippen LogP contribution in [0.1, 0.15) is 16.1 Å². The van der Waals surface area contributed by atoms with E-state index in [1.54, 1.807) is 18.3 Å². The lowest BCUT2D eigenvalue weighted by Crippen LogP contribution is -2.04. The van der Waals surface area contributed by atoms with Crippen molar-refractivity contribution < 1.29 is 23.1 Å². The number of pyridine rings is 1. The molecule has 0 amide bonds. The van der Waals surface area contributed by atoms with Crippen LogP contribution in [-0.2, 0) is 11.0 Å². The number of aromatic nitrogens is 1. The van der Waals surface area contributed by atoms with Gasteiger partial charge in [-0.1, -0.05) is 6.07 Å². The highest BCUT2D eigenvalue weighted by Gasteiger charge is 2.34. The third kappa shape index (κ3) is 3.43. The fourth-order valence-corrected chi connectivity index (χ4v) is 6.01. The van der Waals surface area contributed by atoms with Crippen molar-refractivity contribution in [2.45, 2.75) is 12.1 Å². The minimum Gasteiger partial charge on any atom is -0.324 e. The van der Waals surface area contributed by atoms with Crippen molar-refractivity contribution in [3.63, 3.8) is 0 Å². The zero-order valence-electron chi connectivity index (χ0n) is 12.0. The molecular formula is C15H11BrF2NO3PS. The molecule has 1 atom stereocenters. The number of fused-ring (bicyclic) bond motifs is 1. The largest absolute Gasteiger partial charge is 0.334 e. The van der Waals surface area contributed by atoms with E-state index < -0.39 is 24.9 Å². The van der Waals surface area contributed by atoms with Gasteiger partial charge in [0.2, 0.25) is 0 Å². The molecule has 4 nitrogen and oxygen atoms in total. The first kappa shape index (κ1) is 17.6. The zero-order valence-corrected chi connectivity index (χ0v) is 15.3. The van der Waals surface area contributed by atoms with Crippen LogP contribution in [0.4, 0.5) is 8.78 Å². The van der Waals surface area contributed by atoms with E-state index in [1.165, 1.54) is 17.4 Å². The summed E-state index contributed by atoms with van der Waals surface area (Å²) in [4.78, 5) is 24.8. The van der Waals surface area contributed by atoms with Crippen LogP contribution in [0.25, 0.3) is 10.2 Å². The maximum Gasteiger partial charge on any atom is 0.334 e. The second-order valence-electron chi connectivity index (χ2n) is 5.19. The van der Waals surface area contributed by atoms with E-state index in [0.717, 1.165) is 17.5 Å². The standard InChI is InChI=1S/C15H11BrF2NO3PS/c16-13-9-2-1-5-19-15(9)24-14(13)12(23(20,21)22)7-8-3-4-10(17)11(18)6-8/h1-6,12H,7H2,(H2,20,21,22). The third-order valence-electron chi connectivity index (χ3n) is 3.55. The SMILES string of the molecule is O=P(O)(O)C(Cc1ccc(F)c(F)c1)c1sc2ncccc2c1Br. The summed E-state index contributed by atoms with van der Waals surface area (Å²) in [6.45, 7) is 0. The summed E-state index contributed by atoms with van der Waals surface area (Å²) in [5, 5.41) is 0.751. The van der Waals surface area contributed by atoms with E-state index in [-0.39, 0.29) is 6.42 Å². The van der Waals surface area contributed by atoms with Crippen molar-refractivity contribution >= 4 is 45.1 Å². The molecular weight excluding hydrogens is 423 g/mol. The van der Waals surface area contributed by atoms with Crippen LogP contribution in [0.5, 0.6) is 0 Å². The predicted octanol–water partition coefficient (Wildman–Crippen LogP) is 4.80. The van der Waals surface area contributed by atoms with Gasteiger partial charge in [0, 0.05) is 20.9 Å². The summed E-state index contributed by atoms with van der Waals surface area (Å²) in [6, 6.07) is 6.74. The van der Waals surface area contributed by atoms with Gasteiger partial charge in [-0.25, -0.2) is 13.8 Å². The molecule has 1 aromatic carbocycles. The molecule has 0 aliphatic rings. The Morgan fingerprint density at radius 1 is 1.25 bits per heavy atom. The topological polar surface area (TPSA) is 70.4 Å². The van der Waals surface area contributed by atoms with Crippen LogP contribution in [0.3, 0.4) is 0 Å². The fraction of sp³-hybridized carbons (Fsp3) is 0.133. The van der Waals surface area contributed by atoms with Crippen LogP contribution < -0.4 is 0 Å². The van der Waals surface area contributed by atoms with Gasteiger partial charge in [-0.3, -0.25) is 4.57 Å². The number of thiophene rings is 1. The third-order valence-corrected chi connectivity index (χ3v) is 7.32. The quantitative estimate of drug-likeness (QED) is 0.579. The summed E-state index contributed by atoms with van der Waals surface area (Å²) < 4.78 is 39.0. The summed E-state index contributed by atoms with van der Waals surface area (Å²) in [6.07, 6.45) is 1.48. The molecule has 0 aliphatic heterocycles. The average molecular weight is 434 g/mol. The molecule has 2 heterocycles. The maximum absolute atomic E-state index is 13.4. The van der Waals surface area contributed by atoms with Gasteiger partial charge in [-0.05, 0) is 52.2 Å². The van der Waals surface area contributed by atoms with Crippen LogP contribution in [0.2, 0.25) is 0 Å². The first-order valence-corrected chi connectivity index (χ1v) is 10.1. The second kappa shape index (κ2) is 6.61. The average Bonchev–Trinajstić information content (AvgIpc) is 2.84. The number of rotatable bonds is 4. The lowest BCUT2D eigenvalue weighted by molar-refractivity contribution is 0.358. The van der Waals surface area contributed by atoms with Gasteiger partial charge in [-0.2, -0.15) is 0 Å². The molecule has 24 heavy (non-hydrogen) atoms. The van der Waals surface area contributed by atoms with Crippen molar-refractivity contribution in [3.8, 4) is 0 Å². The van der Waals surface area contributed by atoms with E-state index in [1.807, 2.05) is 0 Å². The molecule has 2 N–H and O–H groups in total. The summed E-state index contributed by atoms with van der Waals surface area (Å²) in [5.41, 5.74) is -0.865. The molecule has 0 saturated carbocycles. The van der Waals surface area contributed by atoms with Gasteiger partial charge in [0.1, 0.15) is 10.5 Å². The normalized spacial score (nSPS) is 13.4. The molecule has 0 bridgehead atoms. The molecule has 3 rings (SSSR count). The van der Waals surface area contributed by atoms with E-state index in [2.05, 4.69) is 20.9 Å². The van der Waals surface area contributed by atoms with Gasteiger partial charge in [0.15, 0.2) is 11.6 Å². The Labute approximate surface area is 148 Å². The van der Waals surface area contributed by atoms with E-state index >= 15 is 0 Å². The molecule has 3 aromatic rings. The lowest BCUT2D eigenvalue weighted by atomic mass is 10.1. The first-order valence-electron chi connectivity index (χ1n) is 6.79. The number of hydrogen-bond acceptors (Lipinski definition) is 3. The Bertz CT molecular complexity index is 959. The van der Waals surface area contributed by atoms with Gasteiger partial charge >= 0.3 is 7.60 Å². The smallest absolute Gasteiger partial charge is 0.324 e. The summed E-state index contributed by atoms with van der Waals surface area (Å²) >= 11 is 4.54. The van der Waals surface area contributed by atoms with Crippen LogP contribution in [0, 0.1) is 11.6 Å². The van der Waals surface area contributed by atoms with E-state index in [4.69, 9.17) is 0 Å². The Morgan fingerprint density at radius 3 is 2.62 bits per heavy atom. The van der Waals surface area contributed by atoms with Gasteiger partial charge in [0.05, 0.1) is 0 Å². The number of halogens is 3. The summed E-state index contributed by atoms with van der Waals surface area (Å²) in [7, 11) is -4.54. The van der Waals surface area contributed by atoms with Crippen molar-refractivity contribution in [3.05, 3.63) is 63.1 Å². The summed E-state index contributed by atoms with van der Waals surface area (Å²) in [5.74, 6) is -2.05. The van der Waals surface area contributed by atoms with E-state index in [9.17, 15) is 23.1 Å². The molecule has 0 saturated heterocycles. The first-order chi connectivity index (χ1) is 11.3. The lowest BCUT2D eigenvalue weighted by Gasteiger charge is -2.18. The predicted molar refractivity (Wildman–Crippen MR) is 92.2 cm³/mol. The van der Waals surface area contributed by atoms with Crippen LogP contribution in [-0.4, -0.2) is 14.8 Å². The molecule has 0 spiro atoms. The molecule has 9 heteroatoms. The van der Waals surface area contributed by atoms with Gasteiger partial charge < -0.3 is 9.79 Å².